The molecule has 2 nitrogen and oxygen atoms in total. The van der Waals surface area contributed by atoms with Crippen LogP contribution < -0.4 is 0 Å². The predicted molar refractivity (Wildman–Crippen MR) is 104 cm³/mol. The summed E-state index contributed by atoms with van der Waals surface area (Å²) in [5, 5.41) is 14.4. The van der Waals surface area contributed by atoms with Gasteiger partial charge >= 0.3 is 0 Å². The summed E-state index contributed by atoms with van der Waals surface area (Å²) < 4.78 is 0. The van der Waals surface area contributed by atoms with E-state index in [1.165, 1.54) is 11.1 Å². The molecule has 0 fully saturated rings. The molecule has 2 rings (SSSR count). The maximum Gasteiger partial charge on any atom is 0.0613 e. The van der Waals surface area contributed by atoms with Crippen LogP contribution in [0.15, 0.2) is 60.7 Å². The minimum atomic E-state index is 0. The molecular weight excluding hydrogens is 332 g/mol. The Kier molecular flexibility index (Phi) is 16.6. The number of hydrogen-bond acceptors (Lipinski definition) is 4. The quantitative estimate of drug-likeness (QED) is 0.429. The molecule has 0 atom stereocenters. The molecule has 0 saturated heterocycles. The molecule has 0 aliphatic heterocycles. The molecule has 118 valence electrons. The minimum Gasteiger partial charge on any atom is -0.299 e. The van der Waals surface area contributed by atoms with Crippen molar-refractivity contribution in [2.45, 2.75) is 18.4 Å². The molecular formula is C17H21ClN2S2. The maximum atomic E-state index is 7.21. The predicted octanol–water partition coefficient (Wildman–Crippen LogP) is 5.59. The fraction of sp³-hybridized carbons (Fsp3) is 0.176. The van der Waals surface area contributed by atoms with Crippen LogP contribution in [-0.4, -0.2) is 5.04 Å². The van der Waals surface area contributed by atoms with Gasteiger partial charge in [0, 0.05) is 18.1 Å². The smallest absolute Gasteiger partial charge is 0.0613 e. The molecule has 0 aliphatic carbocycles. The first-order valence-corrected chi connectivity index (χ1v) is 7.96. The third-order valence-corrected chi connectivity index (χ3v) is 3.60. The Bertz CT molecular complexity index is 516. The first-order chi connectivity index (χ1) is 10.2. The second-order valence-electron chi connectivity index (χ2n) is 3.97. The second kappa shape index (κ2) is 16.0. The number of halogens is 1. The highest BCUT2D eigenvalue weighted by Gasteiger charge is 1.91. The lowest BCUT2D eigenvalue weighted by Gasteiger charge is -1.97. The van der Waals surface area contributed by atoms with E-state index in [0.29, 0.717) is 5.04 Å². The van der Waals surface area contributed by atoms with Crippen LogP contribution in [-0.2, 0) is 11.5 Å². The number of rotatable bonds is 3. The van der Waals surface area contributed by atoms with Crippen molar-refractivity contribution in [3.63, 3.8) is 0 Å². The topological polar surface area (TPSA) is 47.6 Å². The van der Waals surface area contributed by atoms with E-state index in [-0.39, 0.29) is 12.4 Å². The number of benzene rings is 2. The summed E-state index contributed by atoms with van der Waals surface area (Å²) in [6.45, 7) is 5.31. The van der Waals surface area contributed by atoms with E-state index in [4.69, 9.17) is 10.7 Å². The molecule has 0 unspecified atom stereocenters. The third-order valence-electron chi connectivity index (χ3n) is 2.32. The van der Waals surface area contributed by atoms with Gasteiger partial charge in [-0.3, -0.25) is 5.41 Å². The SMILES string of the molecule is C#N.CC(=N)SCc1ccccc1.Cl.SCc1ccccc1. The van der Waals surface area contributed by atoms with Crippen LogP contribution in [0.1, 0.15) is 18.1 Å². The highest BCUT2D eigenvalue weighted by Crippen LogP contribution is 2.11. The molecule has 0 aliphatic rings. The van der Waals surface area contributed by atoms with Gasteiger partial charge in [0.1, 0.15) is 0 Å². The van der Waals surface area contributed by atoms with Crippen molar-refractivity contribution in [2.24, 2.45) is 0 Å². The lowest BCUT2D eigenvalue weighted by Crippen LogP contribution is -1.83. The number of thioether (sulfide) groups is 1. The average molecular weight is 353 g/mol. The van der Waals surface area contributed by atoms with Crippen LogP contribution in [0.3, 0.4) is 0 Å². The fourth-order valence-electron chi connectivity index (χ4n) is 1.35. The van der Waals surface area contributed by atoms with Gasteiger partial charge in [0.25, 0.3) is 0 Å². The molecule has 2 aromatic rings. The van der Waals surface area contributed by atoms with Crippen LogP contribution in [0.25, 0.3) is 0 Å². The third kappa shape index (κ3) is 12.3. The van der Waals surface area contributed by atoms with Crippen molar-refractivity contribution in [1.29, 1.82) is 10.7 Å². The second-order valence-corrected chi connectivity index (χ2v) is 5.48. The number of nitrogens with zero attached hydrogens (tertiary/aromatic N) is 1. The first-order valence-electron chi connectivity index (χ1n) is 6.35. The van der Waals surface area contributed by atoms with Crippen molar-refractivity contribution < 1.29 is 0 Å². The molecule has 0 spiro atoms. The molecule has 5 heteroatoms. The minimum absolute atomic E-state index is 0. The molecule has 0 radical (unpaired) electrons. The zero-order chi connectivity index (χ0) is 15.9. The maximum absolute atomic E-state index is 7.21. The normalized spacial score (nSPS) is 8.18. The van der Waals surface area contributed by atoms with Gasteiger partial charge in [-0.05, 0) is 18.1 Å². The largest absolute Gasteiger partial charge is 0.299 e. The Morgan fingerprint density at radius 1 is 1.00 bits per heavy atom. The van der Waals surface area contributed by atoms with E-state index in [1.807, 2.05) is 43.3 Å². The van der Waals surface area contributed by atoms with E-state index >= 15 is 0 Å². The molecule has 2 aromatic carbocycles. The molecule has 0 bridgehead atoms. The van der Waals surface area contributed by atoms with Crippen LogP contribution >= 0.6 is 36.8 Å². The summed E-state index contributed by atoms with van der Waals surface area (Å²) in [5.41, 5.74) is 2.56. The zero-order valence-electron chi connectivity index (χ0n) is 12.5. The van der Waals surface area contributed by atoms with Crippen molar-refractivity contribution in [1.82, 2.24) is 0 Å². The van der Waals surface area contributed by atoms with Gasteiger partial charge < -0.3 is 0 Å². The zero-order valence-corrected chi connectivity index (χ0v) is 15.0. The number of hydrogen-bond donors (Lipinski definition) is 2. The van der Waals surface area contributed by atoms with Crippen molar-refractivity contribution in [3.8, 4) is 6.57 Å². The summed E-state index contributed by atoms with van der Waals surface area (Å²) in [6, 6.07) is 20.4. The van der Waals surface area contributed by atoms with E-state index in [1.54, 1.807) is 11.8 Å². The van der Waals surface area contributed by atoms with Gasteiger partial charge in [0.15, 0.2) is 0 Å². The van der Waals surface area contributed by atoms with E-state index in [9.17, 15) is 0 Å². The lowest BCUT2D eigenvalue weighted by molar-refractivity contribution is 1.42. The highest BCUT2D eigenvalue weighted by atomic mass is 35.5. The highest BCUT2D eigenvalue weighted by molar-refractivity contribution is 8.13. The summed E-state index contributed by atoms with van der Waals surface area (Å²) >= 11 is 5.68. The number of nitriles is 1. The molecule has 0 aromatic heterocycles. The van der Waals surface area contributed by atoms with E-state index in [0.717, 1.165) is 11.5 Å². The van der Waals surface area contributed by atoms with E-state index < -0.39 is 0 Å². The van der Waals surface area contributed by atoms with Crippen molar-refractivity contribution >= 4 is 41.8 Å². The Morgan fingerprint density at radius 3 is 1.73 bits per heavy atom. The summed E-state index contributed by atoms with van der Waals surface area (Å²) in [6.07, 6.45) is 0. The molecule has 22 heavy (non-hydrogen) atoms. The Balaban J connectivity index is 0. The Hall–Kier alpha value is -1.41. The fourth-order valence-corrected chi connectivity index (χ4v) is 2.14. The van der Waals surface area contributed by atoms with Gasteiger partial charge in [-0.2, -0.15) is 12.6 Å². The number of thiol groups is 1. The molecule has 0 amide bonds. The van der Waals surface area contributed by atoms with Crippen LogP contribution in [0.5, 0.6) is 0 Å². The van der Waals surface area contributed by atoms with Crippen LogP contribution in [0.4, 0.5) is 0 Å². The van der Waals surface area contributed by atoms with Crippen molar-refractivity contribution in [3.05, 3.63) is 71.8 Å². The molecule has 0 saturated carbocycles. The molecule has 0 heterocycles. The van der Waals surface area contributed by atoms with Gasteiger partial charge in [-0.1, -0.05) is 60.7 Å². The monoisotopic (exact) mass is 352 g/mol. The van der Waals surface area contributed by atoms with Crippen LogP contribution in [0.2, 0.25) is 0 Å². The summed E-state index contributed by atoms with van der Waals surface area (Å²) in [5.74, 6) is 1.75. The van der Waals surface area contributed by atoms with Gasteiger partial charge in [-0.15, -0.1) is 24.2 Å². The standard InChI is InChI=1S/C9H11NS.C7H8S.CHN.ClH/c1-8(10)11-7-9-5-3-2-4-6-9;8-6-7-4-2-1-3-5-7;1-2;/h2-6,10H,7H2,1H3;1-5,8H,6H2;1H;1H. The van der Waals surface area contributed by atoms with Crippen LogP contribution in [0, 0.1) is 17.2 Å². The number of nitrogens with one attached hydrogen (secondary N) is 1. The van der Waals surface area contributed by atoms with Crippen molar-refractivity contribution in [2.75, 3.05) is 0 Å². The summed E-state index contributed by atoms with van der Waals surface area (Å²) in [4.78, 5) is 0. The van der Waals surface area contributed by atoms with Gasteiger partial charge in [0.05, 0.1) is 5.04 Å². The first kappa shape index (κ1) is 22.9. The Morgan fingerprint density at radius 2 is 1.41 bits per heavy atom. The average Bonchev–Trinajstić information content (AvgIpc) is 2.57. The Labute approximate surface area is 149 Å². The van der Waals surface area contributed by atoms with Gasteiger partial charge in [-0.25, -0.2) is 5.26 Å². The van der Waals surface area contributed by atoms with E-state index in [2.05, 4.69) is 43.5 Å². The summed E-state index contributed by atoms with van der Waals surface area (Å²) in [7, 11) is 0. The lowest BCUT2D eigenvalue weighted by atomic mass is 10.2. The molecule has 1 N–H and O–H groups in total. The van der Waals surface area contributed by atoms with Gasteiger partial charge in [0.2, 0.25) is 0 Å².